The van der Waals surface area contributed by atoms with Crippen LogP contribution in [0.25, 0.3) is 5.82 Å². The first-order valence-electron chi connectivity index (χ1n) is 7.73. The van der Waals surface area contributed by atoms with E-state index >= 15 is 0 Å². The summed E-state index contributed by atoms with van der Waals surface area (Å²) in [5.74, 6) is 0.562. The Hall–Kier alpha value is -3.08. The highest BCUT2D eigenvalue weighted by Gasteiger charge is 2.06. The van der Waals surface area contributed by atoms with Crippen LogP contribution in [0.15, 0.2) is 47.0 Å². The topological polar surface area (TPSA) is 120 Å². The Kier molecular flexibility index (Phi) is 5.69. The van der Waals surface area contributed by atoms with E-state index in [1.165, 1.54) is 46.2 Å². The third kappa shape index (κ3) is 4.72. The molecule has 26 heavy (non-hydrogen) atoms. The Morgan fingerprint density at radius 1 is 1.27 bits per heavy atom. The SMILES string of the molecule is Cc1cc(SCC(=O)NCCn2nc(-n3cncn3)ccc2=O)ncn1. The van der Waals surface area contributed by atoms with Gasteiger partial charge >= 0.3 is 0 Å². The molecule has 1 N–H and O–H groups in total. The van der Waals surface area contributed by atoms with Crippen LogP contribution in [0.5, 0.6) is 0 Å². The van der Waals surface area contributed by atoms with E-state index in [2.05, 4.69) is 30.5 Å². The third-order valence-electron chi connectivity index (χ3n) is 3.28. The quantitative estimate of drug-likeness (QED) is 0.448. The number of aryl methyl sites for hydroxylation is 1. The maximum Gasteiger partial charge on any atom is 0.266 e. The second kappa shape index (κ2) is 8.34. The van der Waals surface area contributed by atoms with Gasteiger partial charge in [-0.2, -0.15) is 5.10 Å². The van der Waals surface area contributed by atoms with Gasteiger partial charge in [0.2, 0.25) is 5.91 Å². The second-order valence-electron chi connectivity index (χ2n) is 5.23. The summed E-state index contributed by atoms with van der Waals surface area (Å²) in [6.45, 7) is 2.41. The summed E-state index contributed by atoms with van der Waals surface area (Å²) in [5.41, 5.74) is 0.592. The number of nitrogens with one attached hydrogen (secondary N) is 1. The molecule has 134 valence electrons. The average Bonchev–Trinajstić information content (AvgIpc) is 3.16. The predicted octanol–water partition coefficient (Wildman–Crippen LogP) is -0.169. The molecular weight excluding hydrogens is 356 g/mol. The second-order valence-corrected chi connectivity index (χ2v) is 6.22. The minimum Gasteiger partial charge on any atom is -0.354 e. The van der Waals surface area contributed by atoms with Crippen LogP contribution in [0.1, 0.15) is 5.69 Å². The van der Waals surface area contributed by atoms with Crippen molar-refractivity contribution in [2.24, 2.45) is 0 Å². The van der Waals surface area contributed by atoms with Crippen LogP contribution in [0, 0.1) is 6.92 Å². The van der Waals surface area contributed by atoms with E-state index in [1.807, 2.05) is 13.0 Å². The Balaban J connectivity index is 1.50. The average molecular weight is 372 g/mol. The lowest BCUT2D eigenvalue weighted by Crippen LogP contribution is -2.33. The first kappa shape index (κ1) is 17.7. The van der Waals surface area contributed by atoms with Crippen LogP contribution >= 0.6 is 11.8 Å². The van der Waals surface area contributed by atoms with Crippen molar-refractivity contribution < 1.29 is 4.79 Å². The first-order chi connectivity index (χ1) is 12.6. The van der Waals surface area contributed by atoms with Crippen LogP contribution < -0.4 is 10.9 Å². The van der Waals surface area contributed by atoms with Crippen molar-refractivity contribution in [2.45, 2.75) is 18.5 Å². The van der Waals surface area contributed by atoms with Crippen LogP contribution in [0.4, 0.5) is 0 Å². The van der Waals surface area contributed by atoms with Gasteiger partial charge in [0.1, 0.15) is 24.0 Å². The Morgan fingerprint density at radius 3 is 2.92 bits per heavy atom. The van der Waals surface area contributed by atoms with Gasteiger partial charge in [0.25, 0.3) is 5.56 Å². The molecule has 0 aliphatic heterocycles. The molecule has 11 heteroatoms. The summed E-state index contributed by atoms with van der Waals surface area (Å²) in [5, 5.41) is 11.7. The number of nitrogens with zero attached hydrogens (tertiary/aromatic N) is 7. The molecule has 0 saturated heterocycles. The summed E-state index contributed by atoms with van der Waals surface area (Å²) >= 11 is 1.33. The Labute approximate surface area is 152 Å². The lowest BCUT2D eigenvalue weighted by Gasteiger charge is -2.08. The molecule has 3 heterocycles. The van der Waals surface area contributed by atoms with Crippen LogP contribution in [-0.4, -0.2) is 52.7 Å². The van der Waals surface area contributed by atoms with Crippen molar-refractivity contribution >= 4 is 17.7 Å². The normalized spacial score (nSPS) is 10.7. The van der Waals surface area contributed by atoms with Gasteiger partial charge in [-0.15, -0.1) is 5.10 Å². The van der Waals surface area contributed by atoms with Crippen LogP contribution in [0.2, 0.25) is 0 Å². The van der Waals surface area contributed by atoms with Crippen LogP contribution in [-0.2, 0) is 11.3 Å². The molecule has 0 fully saturated rings. The van der Waals surface area contributed by atoms with Gasteiger partial charge in [0.15, 0.2) is 5.82 Å². The molecule has 0 aromatic carbocycles. The van der Waals surface area contributed by atoms with E-state index in [0.29, 0.717) is 5.82 Å². The zero-order valence-electron chi connectivity index (χ0n) is 13.9. The fourth-order valence-electron chi connectivity index (χ4n) is 2.05. The van der Waals surface area contributed by atoms with Gasteiger partial charge in [0.05, 0.1) is 12.3 Å². The number of thioether (sulfide) groups is 1. The van der Waals surface area contributed by atoms with Crippen molar-refractivity contribution in [1.82, 2.24) is 39.8 Å². The molecule has 0 saturated carbocycles. The minimum absolute atomic E-state index is 0.147. The number of amides is 1. The van der Waals surface area contributed by atoms with E-state index in [-0.39, 0.29) is 30.3 Å². The van der Waals surface area contributed by atoms with Crippen molar-refractivity contribution in [3.05, 3.63) is 53.2 Å². The van der Waals surface area contributed by atoms with Gasteiger partial charge in [-0.25, -0.2) is 24.3 Å². The molecule has 3 aromatic heterocycles. The third-order valence-corrected chi connectivity index (χ3v) is 4.21. The maximum atomic E-state index is 11.9. The number of hydrogen-bond acceptors (Lipinski definition) is 8. The standard InChI is InChI=1S/C15H16N8O2S/c1-11-6-14(19-9-18-11)26-7-13(24)17-4-5-22-15(25)3-2-12(21-22)23-10-16-8-20-23/h2-3,6,8-10H,4-5,7H2,1H3,(H,17,24). The fraction of sp³-hybridized carbons (Fsp3) is 0.267. The van der Waals surface area contributed by atoms with Gasteiger partial charge in [-0.05, 0) is 19.1 Å². The first-order valence-corrected chi connectivity index (χ1v) is 8.72. The highest BCUT2D eigenvalue weighted by atomic mass is 32.2. The van der Waals surface area contributed by atoms with Crippen molar-refractivity contribution in [2.75, 3.05) is 12.3 Å². The molecule has 3 rings (SSSR count). The monoisotopic (exact) mass is 372 g/mol. The van der Waals surface area contributed by atoms with Crippen molar-refractivity contribution in [3.63, 3.8) is 0 Å². The fourth-order valence-corrected chi connectivity index (χ4v) is 2.80. The molecule has 0 bridgehead atoms. The molecule has 3 aromatic rings. The summed E-state index contributed by atoms with van der Waals surface area (Å²) in [4.78, 5) is 35.7. The van der Waals surface area contributed by atoms with E-state index < -0.39 is 0 Å². The summed E-state index contributed by atoms with van der Waals surface area (Å²) in [7, 11) is 0. The lowest BCUT2D eigenvalue weighted by molar-refractivity contribution is -0.118. The molecule has 10 nitrogen and oxygen atoms in total. The number of rotatable bonds is 7. The highest BCUT2D eigenvalue weighted by molar-refractivity contribution is 7.99. The molecule has 0 aliphatic rings. The van der Waals surface area contributed by atoms with Crippen LogP contribution in [0.3, 0.4) is 0 Å². The number of hydrogen-bond donors (Lipinski definition) is 1. The van der Waals surface area contributed by atoms with Gasteiger partial charge < -0.3 is 5.32 Å². The van der Waals surface area contributed by atoms with E-state index in [9.17, 15) is 9.59 Å². The summed E-state index contributed by atoms with van der Waals surface area (Å²) in [6, 6.07) is 4.78. The minimum atomic E-state index is -0.256. The molecule has 0 aliphatic carbocycles. The molecule has 0 atom stereocenters. The largest absolute Gasteiger partial charge is 0.354 e. The van der Waals surface area contributed by atoms with E-state index in [4.69, 9.17) is 0 Å². The van der Waals surface area contributed by atoms with Gasteiger partial charge in [0, 0.05) is 18.3 Å². The van der Waals surface area contributed by atoms with E-state index in [1.54, 1.807) is 6.07 Å². The number of carbonyl (C=O) groups is 1. The smallest absolute Gasteiger partial charge is 0.266 e. The Morgan fingerprint density at radius 2 is 2.15 bits per heavy atom. The molecule has 0 radical (unpaired) electrons. The highest BCUT2D eigenvalue weighted by Crippen LogP contribution is 2.14. The van der Waals surface area contributed by atoms with Crippen molar-refractivity contribution in [1.29, 1.82) is 0 Å². The summed E-state index contributed by atoms with van der Waals surface area (Å²) < 4.78 is 2.73. The molecule has 0 unspecified atom stereocenters. The number of carbonyl (C=O) groups excluding carboxylic acids is 1. The zero-order chi connectivity index (χ0) is 18.4. The van der Waals surface area contributed by atoms with Gasteiger partial charge in [-0.1, -0.05) is 11.8 Å². The maximum absolute atomic E-state index is 11.9. The predicted molar refractivity (Wildman–Crippen MR) is 93.9 cm³/mol. The lowest BCUT2D eigenvalue weighted by atomic mass is 10.5. The zero-order valence-corrected chi connectivity index (χ0v) is 14.8. The molecule has 0 spiro atoms. The van der Waals surface area contributed by atoms with Gasteiger partial charge in [-0.3, -0.25) is 9.59 Å². The molecule has 1 amide bonds. The summed E-state index contributed by atoms with van der Waals surface area (Å²) in [6.07, 6.45) is 4.34. The number of aromatic nitrogens is 7. The van der Waals surface area contributed by atoms with Crippen molar-refractivity contribution in [3.8, 4) is 5.82 Å². The Bertz CT molecular complexity index is 941. The molecular formula is C15H16N8O2S. The van der Waals surface area contributed by atoms with E-state index in [0.717, 1.165) is 10.7 Å².